The summed E-state index contributed by atoms with van der Waals surface area (Å²) in [4.78, 5) is 30.0. The fraction of sp³-hybridized carbons (Fsp3) is 0.706. The lowest BCUT2D eigenvalue weighted by atomic mass is 9.86. The molecule has 136 valence electrons. The SMILES string of the molecule is CCc1cnc(CNC(=O)[C@@H](NC(=O)OC(C)(C)C)C(C)(C)C)s1. The van der Waals surface area contributed by atoms with Gasteiger partial charge in [-0.05, 0) is 32.6 Å². The highest BCUT2D eigenvalue weighted by atomic mass is 32.1. The van der Waals surface area contributed by atoms with Crippen LogP contribution < -0.4 is 10.6 Å². The van der Waals surface area contributed by atoms with Crippen molar-refractivity contribution in [2.24, 2.45) is 5.41 Å². The lowest BCUT2D eigenvalue weighted by Crippen LogP contribution is -2.54. The van der Waals surface area contributed by atoms with Crippen molar-refractivity contribution < 1.29 is 14.3 Å². The van der Waals surface area contributed by atoms with E-state index in [1.54, 1.807) is 32.1 Å². The maximum Gasteiger partial charge on any atom is 0.408 e. The van der Waals surface area contributed by atoms with Crippen molar-refractivity contribution in [1.29, 1.82) is 0 Å². The summed E-state index contributed by atoms with van der Waals surface area (Å²) >= 11 is 1.58. The van der Waals surface area contributed by atoms with E-state index in [2.05, 4.69) is 22.5 Å². The predicted octanol–water partition coefficient (Wildman–Crippen LogP) is 3.26. The molecule has 1 aromatic heterocycles. The van der Waals surface area contributed by atoms with Crippen molar-refractivity contribution in [3.63, 3.8) is 0 Å². The molecular weight excluding hydrogens is 326 g/mol. The van der Waals surface area contributed by atoms with E-state index in [1.807, 2.05) is 27.0 Å². The molecule has 7 heteroatoms. The maximum atomic E-state index is 12.5. The van der Waals surface area contributed by atoms with E-state index in [0.717, 1.165) is 11.4 Å². The highest BCUT2D eigenvalue weighted by molar-refractivity contribution is 7.11. The number of nitrogens with zero attached hydrogens (tertiary/aromatic N) is 1. The number of aryl methyl sites for hydroxylation is 1. The molecule has 0 fully saturated rings. The van der Waals surface area contributed by atoms with Crippen LogP contribution in [0.3, 0.4) is 0 Å². The molecule has 2 amide bonds. The average molecular weight is 356 g/mol. The van der Waals surface area contributed by atoms with Crippen molar-refractivity contribution in [3.05, 3.63) is 16.1 Å². The zero-order valence-corrected chi connectivity index (χ0v) is 16.5. The van der Waals surface area contributed by atoms with Gasteiger partial charge in [0.1, 0.15) is 16.7 Å². The van der Waals surface area contributed by atoms with Crippen LogP contribution in [0.25, 0.3) is 0 Å². The molecule has 0 saturated carbocycles. The number of alkyl carbamates (subject to hydrolysis) is 1. The Morgan fingerprint density at radius 1 is 1.25 bits per heavy atom. The Balaban J connectivity index is 2.70. The molecule has 0 saturated heterocycles. The molecule has 6 nitrogen and oxygen atoms in total. The van der Waals surface area contributed by atoms with E-state index < -0.39 is 23.2 Å². The van der Waals surface area contributed by atoms with Gasteiger partial charge in [0.05, 0.1) is 6.54 Å². The fourth-order valence-corrected chi connectivity index (χ4v) is 2.76. The first-order chi connectivity index (χ1) is 10.9. The van der Waals surface area contributed by atoms with Gasteiger partial charge in [-0.3, -0.25) is 4.79 Å². The van der Waals surface area contributed by atoms with Crippen LogP contribution in [0, 0.1) is 5.41 Å². The van der Waals surface area contributed by atoms with E-state index in [1.165, 1.54) is 4.88 Å². The molecule has 1 rings (SSSR count). The minimum absolute atomic E-state index is 0.249. The van der Waals surface area contributed by atoms with Crippen LogP contribution in [0.1, 0.15) is 58.4 Å². The summed E-state index contributed by atoms with van der Waals surface area (Å²) in [7, 11) is 0. The summed E-state index contributed by atoms with van der Waals surface area (Å²) in [6.07, 6.45) is 2.16. The van der Waals surface area contributed by atoms with Gasteiger partial charge in [-0.2, -0.15) is 0 Å². The number of rotatable bonds is 5. The molecule has 0 aliphatic heterocycles. The molecule has 24 heavy (non-hydrogen) atoms. The summed E-state index contributed by atoms with van der Waals surface area (Å²) in [6, 6.07) is -0.696. The highest BCUT2D eigenvalue weighted by Crippen LogP contribution is 2.21. The lowest BCUT2D eigenvalue weighted by Gasteiger charge is -2.31. The Hall–Kier alpha value is -1.63. The largest absolute Gasteiger partial charge is 0.444 e. The summed E-state index contributed by atoms with van der Waals surface area (Å²) in [5.41, 5.74) is -1.06. The van der Waals surface area contributed by atoms with Gasteiger partial charge in [-0.25, -0.2) is 9.78 Å². The third-order valence-electron chi connectivity index (χ3n) is 3.15. The molecule has 1 atom stereocenters. The normalized spacial score (nSPS) is 13.3. The van der Waals surface area contributed by atoms with Crippen molar-refractivity contribution in [3.8, 4) is 0 Å². The fourth-order valence-electron chi connectivity index (χ4n) is 1.96. The Bertz CT molecular complexity index is 570. The molecular formula is C17H29N3O3S. The minimum Gasteiger partial charge on any atom is -0.444 e. The Morgan fingerprint density at radius 3 is 2.33 bits per heavy atom. The average Bonchev–Trinajstić information content (AvgIpc) is 2.87. The van der Waals surface area contributed by atoms with Gasteiger partial charge in [0.2, 0.25) is 5.91 Å². The maximum absolute atomic E-state index is 12.5. The number of hydrogen-bond acceptors (Lipinski definition) is 5. The van der Waals surface area contributed by atoms with Crippen LogP contribution in [0.5, 0.6) is 0 Å². The third kappa shape index (κ3) is 6.86. The van der Waals surface area contributed by atoms with E-state index in [4.69, 9.17) is 4.74 Å². The van der Waals surface area contributed by atoms with Crippen LogP contribution in [-0.2, 0) is 22.5 Å². The smallest absolute Gasteiger partial charge is 0.408 e. The number of carbonyl (C=O) groups is 2. The second kappa shape index (κ2) is 7.96. The van der Waals surface area contributed by atoms with Crippen LogP contribution in [0.15, 0.2) is 6.20 Å². The number of thiazole rings is 1. The predicted molar refractivity (Wildman–Crippen MR) is 96.0 cm³/mol. The zero-order chi connectivity index (χ0) is 18.5. The molecule has 0 bridgehead atoms. The molecule has 0 aromatic carbocycles. The van der Waals surface area contributed by atoms with Crippen LogP contribution >= 0.6 is 11.3 Å². The van der Waals surface area contributed by atoms with Gasteiger partial charge in [0, 0.05) is 11.1 Å². The minimum atomic E-state index is -0.696. The van der Waals surface area contributed by atoms with E-state index in [9.17, 15) is 9.59 Å². The lowest BCUT2D eigenvalue weighted by molar-refractivity contribution is -0.125. The first-order valence-electron chi connectivity index (χ1n) is 8.13. The monoisotopic (exact) mass is 355 g/mol. The molecule has 1 aromatic rings. The second-order valence-corrected chi connectivity index (χ2v) is 8.94. The standard InChI is InChI=1S/C17H29N3O3S/c1-8-11-9-18-12(24-11)10-19-14(21)13(16(2,3)4)20-15(22)23-17(5,6)7/h9,13H,8,10H2,1-7H3,(H,19,21)(H,20,22)/t13-/m1/s1. The van der Waals surface area contributed by atoms with Gasteiger partial charge >= 0.3 is 6.09 Å². The Morgan fingerprint density at radius 2 is 1.88 bits per heavy atom. The highest BCUT2D eigenvalue weighted by Gasteiger charge is 2.34. The molecule has 0 spiro atoms. The van der Waals surface area contributed by atoms with Crippen LogP contribution in [-0.4, -0.2) is 28.6 Å². The first kappa shape index (κ1) is 20.4. The molecule has 0 radical (unpaired) electrons. The topological polar surface area (TPSA) is 80.3 Å². The Kier molecular flexibility index (Phi) is 6.77. The molecule has 1 heterocycles. The van der Waals surface area contributed by atoms with E-state index >= 15 is 0 Å². The second-order valence-electron chi connectivity index (χ2n) is 7.74. The van der Waals surface area contributed by atoms with Gasteiger partial charge in [0.25, 0.3) is 0 Å². The number of aromatic nitrogens is 1. The molecule has 0 unspecified atom stereocenters. The van der Waals surface area contributed by atoms with E-state index in [-0.39, 0.29) is 5.91 Å². The summed E-state index contributed by atoms with van der Waals surface area (Å²) in [6.45, 7) is 13.5. The van der Waals surface area contributed by atoms with Crippen molar-refractivity contribution in [2.45, 2.75) is 73.1 Å². The van der Waals surface area contributed by atoms with Gasteiger partial charge < -0.3 is 15.4 Å². The van der Waals surface area contributed by atoms with E-state index in [0.29, 0.717) is 6.54 Å². The summed E-state index contributed by atoms with van der Waals surface area (Å²) in [5.74, 6) is -0.249. The number of hydrogen-bond donors (Lipinski definition) is 2. The summed E-state index contributed by atoms with van der Waals surface area (Å²) in [5, 5.41) is 6.38. The molecule has 0 aliphatic carbocycles. The van der Waals surface area contributed by atoms with Crippen molar-refractivity contribution in [2.75, 3.05) is 0 Å². The van der Waals surface area contributed by atoms with Gasteiger partial charge in [-0.1, -0.05) is 27.7 Å². The Labute approximate surface area is 148 Å². The number of ether oxygens (including phenoxy) is 1. The van der Waals surface area contributed by atoms with Gasteiger partial charge in [-0.15, -0.1) is 11.3 Å². The van der Waals surface area contributed by atoms with Crippen molar-refractivity contribution >= 4 is 23.3 Å². The number of nitrogens with one attached hydrogen (secondary N) is 2. The number of amides is 2. The number of carbonyl (C=O) groups excluding carboxylic acids is 2. The van der Waals surface area contributed by atoms with Crippen LogP contribution in [0.4, 0.5) is 4.79 Å². The molecule has 2 N–H and O–H groups in total. The summed E-state index contributed by atoms with van der Waals surface area (Å²) < 4.78 is 5.25. The quantitative estimate of drug-likeness (QED) is 0.849. The third-order valence-corrected chi connectivity index (χ3v) is 4.29. The van der Waals surface area contributed by atoms with Gasteiger partial charge in [0.15, 0.2) is 0 Å². The molecule has 0 aliphatic rings. The first-order valence-corrected chi connectivity index (χ1v) is 8.95. The van der Waals surface area contributed by atoms with Crippen LogP contribution in [0.2, 0.25) is 0 Å². The zero-order valence-electron chi connectivity index (χ0n) is 15.6. The van der Waals surface area contributed by atoms with Crippen molar-refractivity contribution in [1.82, 2.24) is 15.6 Å².